The summed E-state index contributed by atoms with van der Waals surface area (Å²) in [5, 5.41) is 4.43. The Morgan fingerprint density at radius 3 is 2.62 bits per heavy atom. The van der Waals surface area contributed by atoms with Crippen LogP contribution in [-0.2, 0) is 4.79 Å². The average molecular weight is 459 g/mol. The number of aryl methyl sites for hydroxylation is 1. The van der Waals surface area contributed by atoms with Crippen molar-refractivity contribution in [2.45, 2.75) is 12.1 Å². The maximum absolute atomic E-state index is 13.2. The number of hydrogen-bond acceptors (Lipinski definition) is 6. The number of fused-ring (bicyclic) bond motifs is 2. The monoisotopic (exact) mass is 458 g/mol. The normalized spacial score (nSPS) is 11.2. The molecule has 0 unspecified atom stereocenters. The van der Waals surface area contributed by atoms with E-state index >= 15 is 0 Å². The van der Waals surface area contributed by atoms with E-state index in [-0.39, 0.29) is 17.2 Å². The second-order valence-electron chi connectivity index (χ2n) is 7.21. The summed E-state index contributed by atoms with van der Waals surface area (Å²) in [6.45, 7) is 2.02. The number of amides is 1. The van der Waals surface area contributed by atoms with E-state index in [0.717, 1.165) is 15.8 Å². The molecule has 0 aliphatic rings. The lowest BCUT2D eigenvalue weighted by atomic mass is 10.2. The topological polar surface area (TPSA) is 76.9 Å². The van der Waals surface area contributed by atoms with E-state index in [0.29, 0.717) is 26.9 Å². The molecule has 0 saturated carbocycles. The van der Waals surface area contributed by atoms with Crippen molar-refractivity contribution in [2.24, 2.45) is 0 Å². The first-order valence-corrected chi connectivity index (χ1v) is 11.8. The van der Waals surface area contributed by atoms with Gasteiger partial charge in [0.25, 0.3) is 5.56 Å². The Bertz CT molecular complexity index is 1510. The van der Waals surface area contributed by atoms with Gasteiger partial charge in [0.15, 0.2) is 10.3 Å². The Labute approximate surface area is 192 Å². The number of benzene rings is 3. The van der Waals surface area contributed by atoms with Crippen LogP contribution in [0.4, 0.5) is 5.13 Å². The fraction of sp³-hybridized carbons (Fsp3) is 0.0833. The van der Waals surface area contributed by atoms with Gasteiger partial charge >= 0.3 is 0 Å². The molecule has 0 radical (unpaired) electrons. The van der Waals surface area contributed by atoms with Gasteiger partial charge < -0.3 is 5.32 Å². The standard InChI is InChI=1S/C24H18N4O2S2/c1-15-11-12-19-20(13-15)32-23(25-19)27-21(29)14-31-24-26-18-10-6-5-9-17(18)22(30)28(24)16-7-3-2-4-8-16/h2-13H,14H2,1H3,(H,25,27,29). The Morgan fingerprint density at radius 2 is 1.78 bits per heavy atom. The second-order valence-corrected chi connectivity index (χ2v) is 9.19. The highest BCUT2D eigenvalue weighted by molar-refractivity contribution is 7.99. The van der Waals surface area contributed by atoms with Gasteiger partial charge in [-0.1, -0.05) is 59.5 Å². The van der Waals surface area contributed by atoms with Gasteiger partial charge in [-0.15, -0.1) is 0 Å². The zero-order chi connectivity index (χ0) is 22.1. The van der Waals surface area contributed by atoms with E-state index in [9.17, 15) is 9.59 Å². The van der Waals surface area contributed by atoms with E-state index in [2.05, 4.69) is 21.4 Å². The molecular weight excluding hydrogens is 440 g/mol. The first kappa shape index (κ1) is 20.4. The highest BCUT2D eigenvalue weighted by atomic mass is 32.2. The number of thiazole rings is 1. The molecule has 0 saturated heterocycles. The lowest BCUT2D eigenvalue weighted by molar-refractivity contribution is -0.113. The molecule has 0 atom stereocenters. The number of aromatic nitrogens is 3. The zero-order valence-corrected chi connectivity index (χ0v) is 18.7. The van der Waals surface area contributed by atoms with Crippen molar-refractivity contribution in [3.05, 3.63) is 88.7 Å². The predicted octanol–water partition coefficient (Wildman–Crippen LogP) is 5.03. The van der Waals surface area contributed by atoms with Crippen molar-refractivity contribution in [2.75, 3.05) is 11.1 Å². The van der Waals surface area contributed by atoms with Gasteiger partial charge in [-0.3, -0.25) is 14.2 Å². The van der Waals surface area contributed by atoms with Crippen molar-refractivity contribution < 1.29 is 4.79 Å². The molecule has 1 amide bonds. The van der Waals surface area contributed by atoms with Crippen LogP contribution in [0.5, 0.6) is 0 Å². The molecule has 2 aromatic heterocycles. The predicted molar refractivity (Wildman–Crippen MR) is 131 cm³/mol. The van der Waals surface area contributed by atoms with Crippen LogP contribution in [0.3, 0.4) is 0 Å². The summed E-state index contributed by atoms with van der Waals surface area (Å²) in [6.07, 6.45) is 0. The fourth-order valence-electron chi connectivity index (χ4n) is 3.38. The van der Waals surface area contributed by atoms with Crippen molar-refractivity contribution in [1.29, 1.82) is 0 Å². The molecular formula is C24H18N4O2S2. The van der Waals surface area contributed by atoms with Gasteiger partial charge in [-0.25, -0.2) is 9.97 Å². The molecule has 0 bridgehead atoms. The van der Waals surface area contributed by atoms with E-state index in [4.69, 9.17) is 0 Å². The van der Waals surface area contributed by atoms with Crippen molar-refractivity contribution in [1.82, 2.24) is 14.5 Å². The number of thioether (sulfide) groups is 1. The summed E-state index contributed by atoms with van der Waals surface area (Å²) in [7, 11) is 0. The van der Waals surface area contributed by atoms with Crippen molar-refractivity contribution in [3.8, 4) is 5.69 Å². The average Bonchev–Trinajstić information content (AvgIpc) is 3.19. The minimum Gasteiger partial charge on any atom is -0.301 e. The number of hydrogen-bond donors (Lipinski definition) is 1. The first-order valence-electron chi connectivity index (χ1n) is 9.95. The Balaban J connectivity index is 1.43. The number of nitrogens with one attached hydrogen (secondary N) is 1. The SMILES string of the molecule is Cc1ccc2nc(NC(=O)CSc3nc4ccccc4c(=O)n3-c3ccccc3)sc2c1. The van der Waals surface area contributed by atoms with Crippen molar-refractivity contribution >= 4 is 55.3 Å². The largest absolute Gasteiger partial charge is 0.301 e. The maximum atomic E-state index is 13.2. The molecule has 6 nitrogen and oxygen atoms in total. The lowest BCUT2D eigenvalue weighted by Crippen LogP contribution is -2.22. The van der Waals surface area contributed by atoms with Crippen LogP contribution in [0.1, 0.15) is 5.56 Å². The summed E-state index contributed by atoms with van der Waals surface area (Å²) < 4.78 is 2.59. The third-order valence-electron chi connectivity index (χ3n) is 4.88. The molecule has 5 rings (SSSR count). The number of anilines is 1. The van der Waals surface area contributed by atoms with Gasteiger partial charge in [0, 0.05) is 0 Å². The quantitative estimate of drug-likeness (QED) is 0.295. The van der Waals surface area contributed by atoms with E-state index < -0.39 is 0 Å². The molecule has 8 heteroatoms. The molecule has 0 spiro atoms. The number of rotatable bonds is 5. The minimum atomic E-state index is -0.201. The van der Waals surface area contributed by atoms with Crippen LogP contribution in [0.2, 0.25) is 0 Å². The molecule has 158 valence electrons. The number of para-hydroxylation sites is 2. The minimum absolute atomic E-state index is 0.104. The highest BCUT2D eigenvalue weighted by Gasteiger charge is 2.15. The number of carbonyl (C=O) groups is 1. The Kier molecular flexibility index (Phi) is 5.46. The first-order chi connectivity index (χ1) is 15.6. The Morgan fingerprint density at radius 1 is 1.00 bits per heavy atom. The van der Waals surface area contributed by atoms with Gasteiger partial charge in [0.2, 0.25) is 5.91 Å². The van der Waals surface area contributed by atoms with Crippen LogP contribution >= 0.6 is 23.1 Å². The fourth-order valence-corrected chi connectivity index (χ4v) is 5.18. The molecule has 0 aliphatic heterocycles. The molecule has 0 aliphatic carbocycles. The molecule has 1 N–H and O–H groups in total. The summed E-state index contributed by atoms with van der Waals surface area (Å²) in [4.78, 5) is 35.0. The molecule has 32 heavy (non-hydrogen) atoms. The molecule has 5 aromatic rings. The second kappa shape index (κ2) is 8.57. The van der Waals surface area contributed by atoms with Crippen molar-refractivity contribution in [3.63, 3.8) is 0 Å². The van der Waals surface area contributed by atoms with Crippen LogP contribution in [-0.4, -0.2) is 26.2 Å². The van der Waals surface area contributed by atoms with E-state index in [1.54, 1.807) is 16.7 Å². The summed E-state index contributed by atoms with van der Waals surface area (Å²) >= 11 is 2.67. The van der Waals surface area contributed by atoms with Gasteiger partial charge in [0.05, 0.1) is 32.6 Å². The van der Waals surface area contributed by atoms with Gasteiger partial charge in [-0.2, -0.15) is 0 Å². The van der Waals surface area contributed by atoms with E-state index in [1.165, 1.54) is 23.1 Å². The van der Waals surface area contributed by atoms with Crippen LogP contribution in [0, 0.1) is 6.92 Å². The third kappa shape index (κ3) is 4.02. The Hall–Kier alpha value is -3.49. The van der Waals surface area contributed by atoms with Crippen LogP contribution < -0.4 is 10.9 Å². The third-order valence-corrected chi connectivity index (χ3v) is 6.75. The smallest absolute Gasteiger partial charge is 0.266 e. The zero-order valence-electron chi connectivity index (χ0n) is 17.1. The van der Waals surface area contributed by atoms with Crippen LogP contribution in [0.25, 0.3) is 26.8 Å². The van der Waals surface area contributed by atoms with E-state index in [1.807, 2.05) is 61.5 Å². The van der Waals surface area contributed by atoms with Crippen LogP contribution in [0.15, 0.2) is 82.7 Å². The highest BCUT2D eigenvalue weighted by Crippen LogP contribution is 2.27. The summed E-state index contributed by atoms with van der Waals surface area (Å²) in [5.74, 6) is -0.0974. The lowest BCUT2D eigenvalue weighted by Gasteiger charge is -2.13. The van der Waals surface area contributed by atoms with Gasteiger partial charge in [0.1, 0.15) is 0 Å². The molecule has 2 heterocycles. The van der Waals surface area contributed by atoms with Gasteiger partial charge in [-0.05, 0) is 48.9 Å². The number of carbonyl (C=O) groups excluding carboxylic acids is 1. The molecule has 0 fully saturated rings. The summed E-state index contributed by atoms with van der Waals surface area (Å²) in [5.41, 5.74) is 3.16. The molecule has 3 aromatic carbocycles. The maximum Gasteiger partial charge on any atom is 0.266 e. The summed E-state index contributed by atoms with van der Waals surface area (Å²) in [6, 6.07) is 22.6. The number of nitrogens with zero attached hydrogens (tertiary/aromatic N) is 3.